The van der Waals surface area contributed by atoms with E-state index in [1.54, 1.807) is 18.2 Å². The molecule has 206 valence electrons. The first-order chi connectivity index (χ1) is 19.0. The van der Waals surface area contributed by atoms with E-state index in [1.807, 2.05) is 33.8 Å². The lowest BCUT2D eigenvalue weighted by atomic mass is 10.1. The highest BCUT2D eigenvalue weighted by molar-refractivity contribution is 7.92. The van der Waals surface area contributed by atoms with E-state index in [0.29, 0.717) is 0 Å². The van der Waals surface area contributed by atoms with Crippen LogP contribution in [0.15, 0.2) is 88.9 Å². The molecule has 0 unspecified atom stereocenters. The molecule has 3 aromatic carbocycles. The molecule has 10 nitrogen and oxygen atoms in total. The van der Waals surface area contributed by atoms with Gasteiger partial charge in [-0.2, -0.15) is 5.10 Å². The van der Waals surface area contributed by atoms with Gasteiger partial charge in [0.05, 0.1) is 21.7 Å². The third-order valence-corrected chi connectivity index (χ3v) is 8.08. The maximum Gasteiger partial charge on any atom is 0.269 e. The van der Waals surface area contributed by atoms with E-state index < -0.39 is 27.4 Å². The number of non-ortho nitro benzene ring substituents is 1. The molecular weight excluding hydrogens is 530 g/mol. The lowest BCUT2D eigenvalue weighted by Gasteiger charge is -2.23. The van der Waals surface area contributed by atoms with E-state index in [9.17, 15) is 23.3 Å². The van der Waals surface area contributed by atoms with Crippen LogP contribution in [0.5, 0.6) is 0 Å². The molecule has 1 heterocycles. The molecule has 1 aromatic heterocycles. The van der Waals surface area contributed by atoms with Crippen molar-refractivity contribution in [2.24, 2.45) is 5.10 Å². The Bertz CT molecular complexity index is 1670. The Morgan fingerprint density at radius 3 is 2.20 bits per heavy atom. The summed E-state index contributed by atoms with van der Waals surface area (Å²) in [6, 6.07) is 20.8. The minimum Gasteiger partial charge on any atom is -0.318 e. The molecule has 1 amide bonds. The predicted octanol–water partition coefficient (Wildman–Crippen LogP) is 4.96. The number of carbonyl (C=O) groups is 1. The van der Waals surface area contributed by atoms with E-state index in [4.69, 9.17) is 0 Å². The highest BCUT2D eigenvalue weighted by Crippen LogP contribution is 2.26. The van der Waals surface area contributed by atoms with Crippen LogP contribution in [0.3, 0.4) is 0 Å². The number of benzene rings is 3. The van der Waals surface area contributed by atoms with Gasteiger partial charge in [-0.1, -0.05) is 24.3 Å². The summed E-state index contributed by atoms with van der Waals surface area (Å²) in [4.78, 5) is 23.3. The Balaban J connectivity index is 1.56. The van der Waals surface area contributed by atoms with Gasteiger partial charge in [0.25, 0.3) is 21.6 Å². The summed E-state index contributed by atoms with van der Waals surface area (Å²) in [6.45, 7) is 7.43. The van der Waals surface area contributed by atoms with Crippen LogP contribution in [0.2, 0.25) is 0 Å². The Kier molecular flexibility index (Phi) is 8.15. The van der Waals surface area contributed by atoms with Crippen LogP contribution in [-0.2, 0) is 14.8 Å². The van der Waals surface area contributed by atoms with Gasteiger partial charge in [0.15, 0.2) is 0 Å². The molecule has 0 aliphatic rings. The number of nitrogens with one attached hydrogen (secondary N) is 1. The Morgan fingerprint density at radius 1 is 0.975 bits per heavy atom. The molecule has 0 spiro atoms. The molecule has 0 saturated heterocycles. The number of nitro benzene ring substituents is 1. The van der Waals surface area contributed by atoms with Gasteiger partial charge in [0.2, 0.25) is 0 Å². The molecule has 0 aliphatic carbocycles. The molecular formula is C29H29N5O5S. The highest BCUT2D eigenvalue weighted by Gasteiger charge is 2.27. The van der Waals surface area contributed by atoms with Crippen molar-refractivity contribution in [3.63, 3.8) is 0 Å². The third kappa shape index (κ3) is 6.10. The molecule has 11 heteroatoms. The SMILES string of the molecule is Cc1cc(C)cc(-n2c(C)cc(/C=N\NC(=O)CN(c3ccc([N+](=O)[O-])cc3)S(=O)(=O)c3ccccc3)c2C)c1. The van der Waals surface area contributed by atoms with E-state index in [1.165, 1.54) is 42.6 Å². The molecule has 4 aromatic rings. The third-order valence-electron chi connectivity index (χ3n) is 6.29. The van der Waals surface area contributed by atoms with E-state index in [-0.39, 0.29) is 16.3 Å². The number of rotatable bonds is 9. The molecule has 0 radical (unpaired) electrons. The summed E-state index contributed by atoms with van der Waals surface area (Å²) in [7, 11) is -4.16. The Labute approximate surface area is 232 Å². The predicted molar refractivity (Wildman–Crippen MR) is 155 cm³/mol. The first-order valence-corrected chi connectivity index (χ1v) is 13.8. The van der Waals surface area contributed by atoms with Gasteiger partial charge >= 0.3 is 0 Å². The van der Waals surface area contributed by atoms with Crippen molar-refractivity contribution in [3.8, 4) is 5.69 Å². The van der Waals surface area contributed by atoms with Crippen molar-refractivity contribution in [1.82, 2.24) is 9.99 Å². The van der Waals surface area contributed by atoms with Gasteiger partial charge in [0, 0.05) is 34.8 Å². The van der Waals surface area contributed by atoms with Crippen molar-refractivity contribution < 1.29 is 18.1 Å². The van der Waals surface area contributed by atoms with Gasteiger partial charge in [-0.25, -0.2) is 13.8 Å². The van der Waals surface area contributed by atoms with Crippen LogP contribution in [0.4, 0.5) is 11.4 Å². The van der Waals surface area contributed by atoms with Crippen LogP contribution in [0.1, 0.15) is 28.1 Å². The highest BCUT2D eigenvalue weighted by atomic mass is 32.2. The summed E-state index contributed by atoms with van der Waals surface area (Å²) < 4.78 is 29.8. The summed E-state index contributed by atoms with van der Waals surface area (Å²) in [5, 5.41) is 15.1. The molecule has 4 rings (SSSR count). The smallest absolute Gasteiger partial charge is 0.269 e. The van der Waals surface area contributed by atoms with Crippen molar-refractivity contribution >= 4 is 33.5 Å². The monoisotopic (exact) mass is 559 g/mol. The Hall–Kier alpha value is -4.77. The summed E-state index contributed by atoms with van der Waals surface area (Å²) in [5.41, 5.74) is 8.35. The van der Waals surface area contributed by atoms with E-state index >= 15 is 0 Å². The quantitative estimate of drug-likeness (QED) is 0.176. The largest absolute Gasteiger partial charge is 0.318 e. The first kappa shape index (κ1) is 28.2. The zero-order valence-corrected chi connectivity index (χ0v) is 23.3. The van der Waals surface area contributed by atoms with Crippen molar-refractivity contribution in [3.05, 3.63) is 117 Å². The molecule has 0 saturated carbocycles. The number of hydrogen-bond acceptors (Lipinski definition) is 6. The summed E-state index contributed by atoms with van der Waals surface area (Å²) in [5.74, 6) is -0.683. The average Bonchev–Trinajstić information content (AvgIpc) is 3.19. The van der Waals surface area contributed by atoms with Gasteiger partial charge in [0.1, 0.15) is 6.54 Å². The zero-order valence-electron chi connectivity index (χ0n) is 22.5. The molecule has 1 N–H and O–H groups in total. The molecule has 0 atom stereocenters. The molecule has 0 aliphatic heterocycles. The first-order valence-electron chi connectivity index (χ1n) is 12.4. The summed E-state index contributed by atoms with van der Waals surface area (Å²) in [6.07, 6.45) is 1.52. The number of nitro groups is 1. The molecule has 0 fully saturated rings. The van der Waals surface area contributed by atoms with Gasteiger partial charge in [-0.05, 0) is 81.3 Å². The Morgan fingerprint density at radius 2 is 1.60 bits per heavy atom. The van der Waals surface area contributed by atoms with Crippen molar-refractivity contribution in [2.75, 3.05) is 10.8 Å². The fraction of sp³-hybridized carbons (Fsp3) is 0.172. The van der Waals surface area contributed by atoms with Gasteiger partial charge < -0.3 is 4.57 Å². The number of hydrazone groups is 1. The summed E-state index contributed by atoms with van der Waals surface area (Å²) >= 11 is 0. The minimum absolute atomic E-state index is 0.0246. The number of nitrogens with zero attached hydrogens (tertiary/aromatic N) is 4. The lowest BCUT2D eigenvalue weighted by molar-refractivity contribution is -0.384. The second kappa shape index (κ2) is 11.5. The number of amides is 1. The molecule has 40 heavy (non-hydrogen) atoms. The van der Waals surface area contributed by atoms with Crippen molar-refractivity contribution in [1.29, 1.82) is 0 Å². The normalized spacial score (nSPS) is 11.5. The van der Waals surface area contributed by atoms with Gasteiger partial charge in [-0.15, -0.1) is 0 Å². The van der Waals surface area contributed by atoms with Crippen LogP contribution in [0.25, 0.3) is 5.69 Å². The van der Waals surface area contributed by atoms with Crippen LogP contribution < -0.4 is 9.73 Å². The number of sulfonamides is 1. The topological polar surface area (TPSA) is 127 Å². The second-order valence-electron chi connectivity index (χ2n) is 9.40. The fourth-order valence-electron chi connectivity index (χ4n) is 4.51. The number of anilines is 1. The minimum atomic E-state index is -4.16. The average molecular weight is 560 g/mol. The van der Waals surface area contributed by atoms with Crippen LogP contribution in [-0.4, -0.2) is 36.6 Å². The van der Waals surface area contributed by atoms with Gasteiger partial charge in [-0.3, -0.25) is 19.2 Å². The van der Waals surface area contributed by atoms with E-state index in [0.717, 1.165) is 38.1 Å². The van der Waals surface area contributed by atoms with E-state index in [2.05, 4.69) is 33.3 Å². The fourth-order valence-corrected chi connectivity index (χ4v) is 5.95. The number of aryl methyl sites for hydroxylation is 3. The maximum absolute atomic E-state index is 13.4. The lowest BCUT2D eigenvalue weighted by Crippen LogP contribution is -2.39. The maximum atomic E-state index is 13.4. The zero-order chi connectivity index (χ0) is 29.0. The van der Waals surface area contributed by atoms with Crippen LogP contribution >= 0.6 is 0 Å². The second-order valence-corrected chi connectivity index (χ2v) is 11.3. The van der Waals surface area contributed by atoms with Crippen LogP contribution in [0, 0.1) is 37.8 Å². The number of hydrogen-bond donors (Lipinski definition) is 1. The standard InChI is InChI=1S/C29H29N5O5S/c1-20-14-21(2)16-27(15-20)33-22(3)17-24(23(33)4)18-30-31-29(35)19-32(25-10-12-26(13-11-25)34(36)37)40(38,39)28-8-6-5-7-9-28/h5-18H,19H2,1-4H3,(H,31,35)/b30-18-. The molecule has 0 bridgehead atoms. The van der Waals surface area contributed by atoms with Crippen molar-refractivity contribution in [2.45, 2.75) is 32.6 Å². The number of carbonyl (C=O) groups excluding carboxylic acids is 1. The number of aromatic nitrogens is 1.